The lowest BCUT2D eigenvalue weighted by molar-refractivity contribution is -0.384. The van der Waals surface area contributed by atoms with Crippen molar-refractivity contribution in [2.75, 3.05) is 18.5 Å². The highest BCUT2D eigenvalue weighted by molar-refractivity contribution is 6.30. The molecule has 0 heterocycles. The Hall–Kier alpha value is -2.80. The first-order valence-corrected chi connectivity index (χ1v) is 9.62. The van der Waals surface area contributed by atoms with Gasteiger partial charge in [-0.1, -0.05) is 11.6 Å². The Morgan fingerprint density at radius 2 is 1.93 bits per heavy atom. The second-order valence-corrected chi connectivity index (χ2v) is 7.11. The molecular weight excluding hydrogens is 382 g/mol. The highest BCUT2D eigenvalue weighted by Gasteiger charge is 2.25. The molecule has 0 unspecified atom stereocenters. The Morgan fingerprint density at radius 3 is 2.61 bits per heavy atom. The summed E-state index contributed by atoms with van der Waals surface area (Å²) in [6, 6.07) is 12.0. The molecule has 1 amide bonds. The van der Waals surface area contributed by atoms with Crippen LogP contribution in [0, 0.1) is 10.1 Å². The molecule has 3 rings (SSSR count). The van der Waals surface area contributed by atoms with Crippen molar-refractivity contribution in [3.63, 3.8) is 0 Å². The summed E-state index contributed by atoms with van der Waals surface area (Å²) < 4.78 is 5.59. The molecule has 28 heavy (non-hydrogen) atoms. The van der Waals surface area contributed by atoms with E-state index in [4.69, 9.17) is 16.3 Å². The van der Waals surface area contributed by atoms with Gasteiger partial charge in [0.05, 0.1) is 11.5 Å². The third-order valence-corrected chi connectivity index (χ3v) is 4.58. The minimum atomic E-state index is -0.463. The molecule has 0 spiro atoms. The van der Waals surface area contributed by atoms with Crippen molar-refractivity contribution in [2.45, 2.75) is 31.7 Å². The second kappa shape index (κ2) is 9.41. The van der Waals surface area contributed by atoms with Crippen LogP contribution < -0.4 is 15.4 Å². The number of carbonyl (C=O) groups is 1. The molecule has 2 aromatic rings. The standard InChI is InChI=1S/C20H22ClN3O4/c21-15-4-8-17(9-5-15)28-12-2-1-11-22-20(25)14-3-10-18(23-16-6-7-16)19(13-14)24(26)27/h3-5,8-10,13,16,23H,1-2,6-7,11-12H2,(H,22,25). The molecule has 0 radical (unpaired) electrons. The Balaban J connectivity index is 1.42. The fourth-order valence-electron chi connectivity index (χ4n) is 2.65. The predicted molar refractivity (Wildman–Crippen MR) is 108 cm³/mol. The fraction of sp³-hybridized carbons (Fsp3) is 0.350. The van der Waals surface area contributed by atoms with Crippen LogP contribution in [0.4, 0.5) is 11.4 Å². The molecule has 1 saturated carbocycles. The summed E-state index contributed by atoms with van der Waals surface area (Å²) in [4.78, 5) is 23.1. The van der Waals surface area contributed by atoms with Crippen LogP contribution in [0.1, 0.15) is 36.0 Å². The first-order valence-electron chi connectivity index (χ1n) is 9.24. The van der Waals surface area contributed by atoms with Crippen molar-refractivity contribution in [3.8, 4) is 5.75 Å². The highest BCUT2D eigenvalue weighted by Crippen LogP contribution is 2.31. The molecule has 8 heteroatoms. The third kappa shape index (κ3) is 5.85. The van der Waals surface area contributed by atoms with Crippen molar-refractivity contribution >= 4 is 28.9 Å². The van der Waals surface area contributed by atoms with E-state index < -0.39 is 4.92 Å². The van der Waals surface area contributed by atoms with E-state index in [1.165, 1.54) is 6.07 Å². The summed E-state index contributed by atoms with van der Waals surface area (Å²) in [6.07, 6.45) is 3.54. The SMILES string of the molecule is O=C(NCCCCOc1ccc(Cl)cc1)c1ccc(NC2CC2)c([N+](=O)[O-])c1. The number of anilines is 1. The van der Waals surface area contributed by atoms with Crippen LogP contribution in [0.25, 0.3) is 0 Å². The number of nitro groups is 1. The molecule has 0 bridgehead atoms. The smallest absolute Gasteiger partial charge is 0.293 e. The van der Waals surface area contributed by atoms with E-state index in [1.54, 1.807) is 36.4 Å². The summed E-state index contributed by atoms with van der Waals surface area (Å²) in [5.74, 6) is 0.431. The first-order chi connectivity index (χ1) is 13.5. The number of unbranched alkanes of at least 4 members (excludes halogenated alkanes) is 1. The second-order valence-electron chi connectivity index (χ2n) is 6.67. The highest BCUT2D eigenvalue weighted by atomic mass is 35.5. The summed E-state index contributed by atoms with van der Waals surface area (Å²) in [5, 5.41) is 17.8. The monoisotopic (exact) mass is 403 g/mol. The van der Waals surface area contributed by atoms with Gasteiger partial charge in [0, 0.05) is 29.2 Å². The zero-order valence-corrected chi connectivity index (χ0v) is 16.1. The zero-order valence-electron chi connectivity index (χ0n) is 15.3. The molecule has 148 valence electrons. The molecule has 7 nitrogen and oxygen atoms in total. The van der Waals surface area contributed by atoms with E-state index in [0.29, 0.717) is 29.9 Å². The molecule has 0 atom stereocenters. The molecule has 2 aromatic carbocycles. The summed E-state index contributed by atoms with van der Waals surface area (Å²) >= 11 is 5.82. The van der Waals surface area contributed by atoms with E-state index in [-0.39, 0.29) is 17.2 Å². The maximum atomic E-state index is 12.3. The average Bonchev–Trinajstić information content (AvgIpc) is 3.50. The summed E-state index contributed by atoms with van der Waals surface area (Å²) in [7, 11) is 0. The lowest BCUT2D eigenvalue weighted by Crippen LogP contribution is -2.25. The molecular formula is C20H22ClN3O4. The number of carbonyl (C=O) groups excluding carboxylic acids is 1. The van der Waals surface area contributed by atoms with Gasteiger partial charge in [0.25, 0.3) is 11.6 Å². The number of hydrogen-bond donors (Lipinski definition) is 2. The quantitative estimate of drug-likeness (QED) is 0.348. The van der Waals surface area contributed by atoms with Gasteiger partial charge in [0.1, 0.15) is 11.4 Å². The van der Waals surface area contributed by atoms with E-state index in [0.717, 1.165) is 31.4 Å². The minimum Gasteiger partial charge on any atom is -0.494 e. The largest absolute Gasteiger partial charge is 0.494 e. The van der Waals surface area contributed by atoms with Crippen LogP contribution in [0.2, 0.25) is 5.02 Å². The lowest BCUT2D eigenvalue weighted by Gasteiger charge is -2.09. The summed E-state index contributed by atoms with van der Waals surface area (Å²) in [5.41, 5.74) is 0.671. The third-order valence-electron chi connectivity index (χ3n) is 4.33. The predicted octanol–water partition coefficient (Wildman–Crippen LogP) is 4.41. The van der Waals surface area contributed by atoms with Crippen molar-refractivity contribution in [1.82, 2.24) is 5.32 Å². The van der Waals surface area contributed by atoms with Gasteiger partial charge in [-0.2, -0.15) is 0 Å². The first kappa shape index (κ1) is 19.9. The lowest BCUT2D eigenvalue weighted by atomic mass is 10.1. The Bertz CT molecular complexity index is 838. The molecule has 1 aliphatic rings. The molecule has 2 N–H and O–H groups in total. The van der Waals surface area contributed by atoms with Crippen LogP contribution in [-0.4, -0.2) is 30.0 Å². The van der Waals surface area contributed by atoms with Gasteiger partial charge < -0.3 is 15.4 Å². The zero-order chi connectivity index (χ0) is 19.9. The maximum absolute atomic E-state index is 12.3. The van der Waals surface area contributed by atoms with Crippen LogP contribution in [0.3, 0.4) is 0 Å². The van der Waals surface area contributed by atoms with Crippen molar-refractivity contribution in [3.05, 3.63) is 63.2 Å². The van der Waals surface area contributed by atoms with E-state index >= 15 is 0 Å². The number of nitro benzene ring substituents is 1. The van der Waals surface area contributed by atoms with Gasteiger partial charge in [0.2, 0.25) is 0 Å². The number of nitrogens with one attached hydrogen (secondary N) is 2. The van der Waals surface area contributed by atoms with Gasteiger partial charge in [-0.15, -0.1) is 0 Å². The number of ether oxygens (including phenoxy) is 1. The normalized spacial score (nSPS) is 13.0. The number of halogens is 1. The Labute approximate surface area is 168 Å². The average molecular weight is 404 g/mol. The van der Waals surface area contributed by atoms with E-state index in [2.05, 4.69) is 10.6 Å². The molecule has 1 fully saturated rings. The Kier molecular flexibility index (Phi) is 6.71. The van der Waals surface area contributed by atoms with Crippen molar-refractivity contribution in [2.24, 2.45) is 0 Å². The number of amides is 1. The van der Waals surface area contributed by atoms with Crippen LogP contribution in [0.5, 0.6) is 5.75 Å². The topological polar surface area (TPSA) is 93.5 Å². The van der Waals surface area contributed by atoms with E-state index in [9.17, 15) is 14.9 Å². The van der Waals surface area contributed by atoms with Crippen molar-refractivity contribution in [1.29, 1.82) is 0 Å². The Morgan fingerprint density at radius 1 is 1.18 bits per heavy atom. The number of hydrogen-bond acceptors (Lipinski definition) is 5. The number of nitrogens with zero attached hydrogens (tertiary/aromatic N) is 1. The molecule has 0 saturated heterocycles. The van der Waals surface area contributed by atoms with Gasteiger partial charge in [-0.05, 0) is 62.1 Å². The van der Waals surface area contributed by atoms with Gasteiger partial charge in [-0.25, -0.2) is 0 Å². The maximum Gasteiger partial charge on any atom is 0.293 e. The van der Waals surface area contributed by atoms with Gasteiger partial charge >= 0.3 is 0 Å². The van der Waals surface area contributed by atoms with E-state index in [1.807, 2.05) is 0 Å². The molecule has 0 aromatic heterocycles. The van der Waals surface area contributed by atoms with Gasteiger partial charge in [0.15, 0.2) is 0 Å². The van der Waals surface area contributed by atoms with Crippen LogP contribution in [-0.2, 0) is 0 Å². The summed E-state index contributed by atoms with van der Waals surface area (Å²) in [6.45, 7) is 1.00. The fourth-order valence-corrected chi connectivity index (χ4v) is 2.77. The van der Waals surface area contributed by atoms with Crippen LogP contribution >= 0.6 is 11.6 Å². The number of benzene rings is 2. The number of rotatable bonds is 10. The van der Waals surface area contributed by atoms with Crippen molar-refractivity contribution < 1.29 is 14.5 Å². The molecule has 1 aliphatic carbocycles. The molecule has 0 aliphatic heterocycles. The minimum absolute atomic E-state index is 0.0732. The van der Waals surface area contributed by atoms with Gasteiger partial charge in [-0.3, -0.25) is 14.9 Å². The van der Waals surface area contributed by atoms with Crippen LogP contribution in [0.15, 0.2) is 42.5 Å².